The summed E-state index contributed by atoms with van der Waals surface area (Å²) < 4.78 is 1.85. The van der Waals surface area contributed by atoms with Gasteiger partial charge in [-0.15, -0.1) is 12.4 Å². The molecule has 2 N–H and O–H groups in total. The van der Waals surface area contributed by atoms with Gasteiger partial charge in [-0.05, 0) is 25.5 Å². The Morgan fingerprint density at radius 2 is 1.93 bits per heavy atom. The van der Waals surface area contributed by atoms with Gasteiger partial charge < -0.3 is 10.6 Å². The summed E-state index contributed by atoms with van der Waals surface area (Å²) in [5.74, 6) is -0.0569. The average molecular weight is 397 g/mol. The van der Waals surface area contributed by atoms with Crippen LogP contribution in [0, 0.1) is 6.92 Å². The highest BCUT2D eigenvalue weighted by molar-refractivity contribution is 6.00. The fourth-order valence-electron chi connectivity index (χ4n) is 3.40. The minimum absolute atomic E-state index is 0. The first-order valence-corrected chi connectivity index (χ1v) is 9.39. The van der Waals surface area contributed by atoms with Crippen LogP contribution in [0.1, 0.15) is 27.9 Å². The zero-order valence-electron chi connectivity index (χ0n) is 15.9. The molecule has 1 aliphatic heterocycles. The second kappa shape index (κ2) is 9.04. The molecular weight excluding hydrogens is 372 g/mol. The van der Waals surface area contributed by atoms with Crippen LogP contribution in [0.4, 0.5) is 0 Å². The van der Waals surface area contributed by atoms with E-state index in [0.29, 0.717) is 12.1 Å². The quantitative estimate of drug-likeness (QED) is 0.694. The standard InChI is InChI=1S/C22H24N4O.ClH/c1-16-7-9-18(10-8-16)21-20(22(27)24-19-11-12-23-13-19)15-26(25-21)14-17-5-3-2-4-6-17;/h2-10,15,19,23H,11-14H2,1H3,(H,24,27);1H. The van der Waals surface area contributed by atoms with Crippen LogP contribution in [0.15, 0.2) is 60.8 Å². The summed E-state index contributed by atoms with van der Waals surface area (Å²) in [5.41, 5.74) is 4.66. The van der Waals surface area contributed by atoms with E-state index in [1.54, 1.807) is 0 Å². The smallest absolute Gasteiger partial charge is 0.255 e. The molecule has 0 bridgehead atoms. The number of hydrogen-bond donors (Lipinski definition) is 2. The number of halogens is 1. The van der Waals surface area contributed by atoms with Crippen molar-refractivity contribution in [3.63, 3.8) is 0 Å². The number of amides is 1. The van der Waals surface area contributed by atoms with E-state index in [2.05, 4.69) is 29.7 Å². The van der Waals surface area contributed by atoms with Gasteiger partial charge >= 0.3 is 0 Å². The van der Waals surface area contributed by atoms with Gasteiger partial charge in [0, 0.05) is 24.3 Å². The lowest BCUT2D eigenvalue weighted by Gasteiger charge is -2.11. The molecule has 1 aromatic heterocycles. The highest BCUT2D eigenvalue weighted by Crippen LogP contribution is 2.23. The number of hydrogen-bond acceptors (Lipinski definition) is 3. The summed E-state index contributed by atoms with van der Waals surface area (Å²) in [6.45, 7) is 4.46. The molecule has 4 rings (SSSR count). The zero-order valence-corrected chi connectivity index (χ0v) is 16.7. The fourth-order valence-corrected chi connectivity index (χ4v) is 3.40. The molecule has 6 heteroatoms. The first kappa shape index (κ1) is 20.1. The Kier molecular flexibility index (Phi) is 6.49. The molecule has 0 aliphatic carbocycles. The third kappa shape index (κ3) is 4.61. The van der Waals surface area contributed by atoms with Crippen molar-refractivity contribution in [1.29, 1.82) is 0 Å². The van der Waals surface area contributed by atoms with Crippen LogP contribution in [0.25, 0.3) is 11.3 Å². The van der Waals surface area contributed by atoms with Crippen LogP contribution in [-0.4, -0.2) is 34.8 Å². The van der Waals surface area contributed by atoms with E-state index >= 15 is 0 Å². The van der Waals surface area contributed by atoms with E-state index in [9.17, 15) is 4.79 Å². The molecule has 2 aromatic carbocycles. The monoisotopic (exact) mass is 396 g/mol. The Morgan fingerprint density at radius 1 is 1.18 bits per heavy atom. The van der Waals surface area contributed by atoms with Gasteiger partial charge in [-0.25, -0.2) is 0 Å². The molecule has 0 saturated carbocycles. The maximum atomic E-state index is 12.9. The Hall–Kier alpha value is -2.63. The van der Waals surface area contributed by atoms with Crippen molar-refractivity contribution in [3.8, 4) is 11.3 Å². The Morgan fingerprint density at radius 3 is 2.61 bits per heavy atom. The van der Waals surface area contributed by atoms with Gasteiger partial charge in [0.1, 0.15) is 5.69 Å². The summed E-state index contributed by atoms with van der Waals surface area (Å²) in [6, 6.07) is 18.5. The lowest BCUT2D eigenvalue weighted by molar-refractivity contribution is 0.0940. The minimum Gasteiger partial charge on any atom is -0.348 e. The van der Waals surface area contributed by atoms with Gasteiger partial charge in [-0.2, -0.15) is 5.10 Å². The molecule has 1 atom stereocenters. The molecule has 146 valence electrons. The fraction of sp³-hybridized carbons (Fsp3) is 0.273. The van der Waals surface area contributed by atoms with E-state index in [0.717, 1.165) is 36.3 Å². The first-order valence-electron chi connectivity index (χ1n) is 9.39. The Balaban J connectivity index is 0.00000225. The molecule has 0 spiro atoms. The lowest BCUT2D eigenvalue weighted by Crippen LogP contribution is -2.36. The van der Waals surface area contributed by atoms with E-state index in [1.807, 2.05) is 53.3 Å². The topological polar surface area (TPSA) is 59.0 Å². The predicted octanol–water partition coefficient (Wildman–Crippen LogP) is 3.42. The van der Waals surface area contributed by atoms with E-state index in [-0.39, 0.29) is 24.4 Å². The van der Waals surface area contributed by atoms with Crippen LogP contribution in [0.5, 0.6) is 0 Å². The summed E-state index contributed by atoms with van der Waals surface area (Å²) >= 11 is 0. The van der Waals surface area contributed by atoms with Gasteiger partial charge in [0.15, 0.2) is 0 Å². The second-order valence-corrected chi connectivity index (χ2v) is 7.10. The van der Waals surface area contributed by atoms with Gasteiger partial charge in [-0.3, -0.25) is 9.48 Å². The van der Waals surface area contributed by atoms with Crippen LogP contribution in [0.2, 0.25) is 0 Å². The number of carbonyl (C=O) groups is 1. The van der Waals surface area contributed by atoms with Gasteiger partial charge in [0.05, 0.1) is 12.1 Å². The predicted molar refractivity (Wildman–Crippen MR) is 114 cm³/mol. The third-order valence-electron chi connectivity index (χ3n) is 4.91. The van der Waals surface area contributed by atoms with Gasteiger partial charge in [-0.1, -0.05) is 60.2 Å². The van der Waals surface area contributed by atoms with Crippen molar-refractivity contribution < 1.29 is 4.79 Å². The largest absolute Gasteiger partial charge is 0.348 e. The molecule has 28 heavy (non-hydrogen) atoms. The van der Waals surface area contributed by atoms with Crippen LogP contribution >= 0.6 is 12.4 Å². The summed E-state index contributed by atoms with van der Waals surface area (Å²) in [5, 5.41) is 11.2. The van der Waals surface area contributed by atoms with Crippen molar-refractivity contribution in [2.45, 2.75) is 25.9 Å². The lowest BCUT2D eigenvalue weighted by atomic mass is 10.1. The summed E-state index contributed by atoms with van der Waals surface area (Å²) in [6.07, 6.45) is 2.82. The minimum atomic E-state index is -0.0569. The molecule has 2 heterocycles. The zero-order chi connectivity index (χ0) is 18.6. The van der Waals surface area contributed by atoms with Crippen LogP contribution < -0.4 is 10.6 Å². The number of nitrogens with zero attached hydrogens (tertiary/aromatic N) is 2. The molecule has 0 radical (unpaired) electrons. The Labute approximate surface area is 171 Å². The van der Waals surface area contributed by atoms with Crippen LogP contribution in [-0.2, 0) is 6.54 Å². The number of aromatic nitrogens is 2. The summed E-state index contributed by atoms with van der Waals surface area (Å²) in [4.78, 5) is 12.9. The van der Waals surface area contributed by atoms with Crippen LogP contribution in [0.3, 0.4) is 0 Å². The number of nitrogens with one attached hydrogen (secondary N) is 2. The van der Waals surface area contributed by atoms with Gasteiger partial charge in [0.25, 0.3) is 5.91 Å². The molecule has 1 amide bonds. The van der Waals surface area contributed by atoms with Crippen molar-refractivity contribution in [1.82, 2.24) is 20.4 Å². The van der Waals surface area contributed by atoms with E-state index < -0.39 is 0 Å². The van der Waals surface area contributed by atoms with Crippen molar-refractivity contribution in [3.05, 3.63) is 77.5 Å². The second-order valence-electron chi connectivity index (χ2n) is 7.10. The molecule has 1 fully saturated rings. The number of benzene rings is 2. The molecule has 1 aliphatic rings. The average Bonchev–Trinajstić information content (AvgIpc) is 3.33. The highest BCUT2D eigenvalue weighted by atomic mass is 35.5. The van der Waals surface area contributed by atoms with Crippen molar-refractivity contribution >= 4 is 18.3 Å². The molecule has 3 aromatic rings. The SMILES string of the molecule is Cc1ccc(-c2nn(Cc3ccccc3)cc2C(=O)NC2CCNC2)cc1.Cl. The molecular formula is C22H25ClN4O. The maximum absolute atomic E-state index is 12.9. The molecule has 1 saturated heterocycles. The number of rotatable bonds is 5. The van der Waals surface area contributed by atoms with Crippen molar-refractivity contribution in [2.24, 2.45) is 0 Å². The van der Waals surface area contributed by atoms with E-state index in [1.165, 1.54) is 5.56 Å². The van der Waals surface area contributed by atoms with Crippen molar-refractivity contribution in [2.75, 3.05) is 13.1 Å². The third-order valence-corrected chi connectivity index (χ3v) is 4.91. The number of carbonyl (C=O) groups excluding carboxylic acids is 1. The van der Waals surface area contributed by atoms with Gasteiger partial charge in [0.2, 0.25) is 0 Å². The molecule has 5 nitrogen and oxygen atoms in total. The first-order chi connectivity index (χ1) is 13.2. The highest BCUT2D eigenvalue weighted by Gasteiger charge is 2.22. The Bertz CT molecular complexity index is 915. The summed E-state index contributed by atoms with van der Waals surface area (Å²) in [7, 11) is 0. The van der Waals surface area contributed by atoms with E-state index in [4.69, 9.17) is 5.10 Å². The normalized spacial score (nSPS) is 15.8. The molecule has 1 unspecified atom stereocenters. The maximum Gasteiger partial charge on any atom is 0.255 e. The number of aryl methyl sites for hydroxylation is 1.